The topological polar surface area (TPSA) is 47.0 Å². The highest BCUT2D eigenvalue weighted by molar-refractivity contribution is 5.03. The van der Waals surface area contributed by atoms with Crippen molar-refractivity contribution in [1.82, 2.24) is 15.4 Å². The molecule has 1 aliphatic carbocycles. The first-order valence-electron chi connectivity index (χ1n) is 7.83. The maximum Gasteiger partial charge on any atom is 0.264 e. The minimum atomic E-state index is 0.513. The molecule has 2 rings (SSSR count). The van der Waals surface area contributed by atoms with Crippen molar-refractivity contribution in [2.24, 2.45) is 0 Å². The lowest BCUT2D eigenvalue weighted by Gasteiger charge is -2.12. The van der Waals surface area contributed by atoms with E-state index in [1.54, 1.807) is 18.6 Å². The van der Waals surface area contributed by atoms with E-state index >= 15 is 0 Å². The number of allylic oxidation sites excluding steroid dienone is 2. The van der Waals surface area contributed by atoms with Crippen molar-refractivity contribution >= 4 is 0 Å². The van der Waals surface area contributed by atoms with Gasteiger partial charge in [0.2, 0.25) is 0 Å². The van der Waals surface area contributed by atoms with E-state index in [4.69, 9.17) is 4.84 Å². The SMILES string of the molecule is C1=C(NOc2cnccn2)CCCCCCCCCC1. The Balaban J connectivity index is 1.81. The van der Waals surface area contributed by atoms with Crippen molar-refractivity contribution in [3.8, 4) is 5.88 Å². The molecule has 4 heteroatoms. The fraction of sp³-hybridized carbons (Fsp3) is 0.625. The summed E-state index contributed by atoms with van der Waals surface area (Å²) in [4.78, 5) is 13.6. The van der Waals surface area contributed by atoms with Crippen LogP contribution in [0, 0.1) is 0 Å². The Labute approximate surface area is 121 Å². The second-order valence-electron chi connectivity index (χ2n) is 5.34. The van der Waals surface area contributed by atoms with Gasteiger partial charge in [0.1, 0.15) is 0 Å². The van der Waals surface area contributed by atoms with E-state index in [-0.39, 0.29) is 0 Å². The van der Waals surface area contributed by atoms with E-state index in [2.05, 4.69) is 21.5 Å². The summed E-state index contributed by atoms with van der Waals surface area (Å²) in [6.45, 7) is 0. The zero-order chi connectivity index (χ0) is 13.9. The van der Waals surface area contributed by atoms with Crippen molar-refractivity contribution < 1.29 is 4.84 Å². The molecule has 0 amide bonds. The molecule has 4 nitrogen and oxygen atoms in total. The number of hydrogen-bond donors (Lipinski definition) is 1. The van der Waals surface area contributed by atoms with Gasteiger partial charge in [0.05, 0.1) is 6.20 Å². The fourth-order valence-electron chi connectivity index (χ4n) is 2.45. The first kappa shape index (κ1) is 14.8. The first-order chi connectivity index (χ1) is 9.95. The van der Waals surface area contributed by atoms with Crippen LogP contribution in [0.4, 0.5) is 0 Å². The molecule has 110 valence electrons. The maximum atomic E-state index is 5.48. The summed E-state index contributed by atoms with van der Waals surface area (Å²) in [5.74, 6) is 0.513. The highest BCUT2D eigenvalue weighted by atomic mass is 16.7. The van der Waals surface area contributed by atoms with Crippen LogP contribution in [0.1, 0.15) is 64.2 Å². The molecule has 0 unspecified atom stereocenters. The van der Waals surface area contributed by atoms with E-state index in [0.29, 0.717) is 5.88 Å². The van der Waals surface area contributed by atoms with Gasteiger partial charge >= 0.3 is 0 Å². The summed E-state index contributed by atoms with van der Waals surface area (Å²) in [6, 6.07) is 0. The van der Waals surface area contributed by atoms with Crippen molar-refractivity contribution in [3.05, 3.63) is 30.4 Å². The fourth-order valence-corrected chi connectivity index (χ4v) is 2.45. The van der Waals surface area contributed by atoms with Crippen molar-refractivity contribution in [1.29, 1.82) is 0 Å². The molecule has 0 aromatic carbocycles. The molecule has 0 aliphatic heterocycles. The molecule has 0 spiro atoms. The number of nitrogens with zero attached hydrogens (tertiary/aromatic N) is 2. The Morgan fingerprint density at radius 2 is 1.65 bits per heavy atom. The summed E-state index contributed by atoms with van der Waals surface area (Å²) in [6.07, 6.45) is 20.0. The van der Waals surface area contributed by atoms with Gasteiger partial charge < -0.3 is 4.84 Å². The molecule has 0 atom stereocenters. The molecule has 0 saturated carbocycles. The molecule has 1 aliphatic rings. The van der Waals surface area contributed by atoms with Gasteiger partial charge in [0.25, 0.3) is 5.88 Å². The predicted octanol–water partition coefficient (Wildman–Crippen LogP) is 4.16. The number of hydroxylamine groups is 1. The van der Waals surface area contributed by atoms with Crippen LogP contribution in [0.2, 0.25) is 0 Å². The van der Waals surface area contributed by atoms with E-state index in [1.165, 1.54) is 57.1 Å². The lowest BCUT2D eigenvalue weighted by Crippen LogP contribution is -2.18. The Morgan fingerprint density at radius 1 is 0.900 bits per heavy atom. The highest BCUT2D eigenvalue weighted by Gasteiger charge is 2.02. The van der Waals surface area contributed by atoms with E-state index < -0.39 is 0 Å². The molecule has 0 bridgehead atoms. The second-order valence-corrected chi connectivity index (χ2v) is 5.34. The molecule has 1 aromatic heterocycles. The van der Waals surface area contributed by atoms with Crippen LogP contribution in [0.3, 0.4) is 0 Å². The molecule has 0 saturated heterocycles. The Kier molecular flexibility index (Phi) is 6.92. The standard InChI is InChI=1S/C16H25N3O/c1-2-4-6-8-10-15(11-9-7-5-3-1)19-20-16-14-17-12-13-18-16/h10,12-14,19H,1-9,11H2. The third kappa shape index (κ3) is 6.04. The minimum absolute atomic E-state index is 0.513. The van der Waals surface area contributed by atoms with E-state index in [9.17, 15) is 0 Å². The van der Waals surface area contributed by atoms with Crippen LogP contribution in [0.5, 0.6) is 5.88 Å². The summed E-state index contributed by atoms with van der Waals surface area (Å²) in [7, 11) is 0. The summed E-state index contributed by atoms with van der Waals surface area (Å²) in [5.41, 5.74) is 4.23. The van der Waals surface area contributed by atoms with Crippen LogP contribution < -0.4 is 10.3 Å². The largest absolute Gasteiger partial charge is 0.360 e. The average molecular weight is 275 g/mol. The number of rotatable bonds is 3. The predicted molar refractivity (Wildman–Crippen MR) is 80.0 cm³/mol. The number of nitrogens with one attached hydrogen (secondary N) is 1. The van der Waals surface area contributed by atoms with Gasteiger partial charge in [-0.2, -0.15) is 0 Å². The van der Waals surface area contributed by atoms with Crippen molar-refractivity contribution in [2.75, 3.05) is 0 Å². The highest BCUT2D eigenvalue weighted by Crippen LogP contribution is 2.15. The van der Waals surface area contributed by atoms with Gasteiger partial charge in [0, 0.05) is 18.1 Å². The van der Waals surface area contributed by atoms with Gasteiger partial charge in [-0.3, -0.25) is 4.98 Å². The van der Waals surface area contributed by atoms with E-state index in [1.807, 2.05) is 0 Å². The lowest BCUT2D eigenvalue weighted by atomic mass is 10.0. The minimum Gasteiger partial charge on any atom is -0.360 e. The molecule has 1 N–H and O–H groups in total. The second kappa shape index (κ2) is 9.34. The van der Waals surface area contributed by atoms with Crippen LogP contribution in [-0.2, 0) is 0 Å². The number of hydrogen-bond acceptors (Lipinski definition) is 4. The van der Waals surface area contributed by atoms with Gasteiger partial charge in [0.15, 0.2) is 0 Å². The summed E-state index contributed by atoms with van der Waals surface area (Å²) >= 11 is 0. The molecule has 1 heterocycles. The van der Waals surface area contributed by atoms with Gasteiger partial charge in [-0.05, 0) is 25.7 Å². The van der Waals surface area contributed by atoms with Crippen LogP contribution >= 0.6 is 0 Å². The van der Waals surface area contributed by atoms with Crippen molar-refractivity contribution in [2.45, 2.75) is 64.2 Å². The summed E-state index contributed by atoms with van der Waals surface area (Å²) in [5, 5.41) is 0. The summed E-state index contributed by atoms with van der Waals surface area (Å²) < 4.78 is 0. The maximum absolute atomic E-state index is 5.48. The average Bonchev–Trinajstić information content (AvgIpc) is 2.48. The third-order valence-corrected chi connectivity index (χ3v) is 3.62. The smallest absolute Gasteiger partial charge is 0.264 e. The quantitative estimate of drug-likeness (QED) is 0.841. The Bertz CT molecular complexity index is 392. The Morgan fingerprint density at radius 3 is 2.40 bits per heavy atom. The monoisotopic (exact) mass is 275 g/mol. The molecular formula is C16H25N3O. The number of aromatic nitrogens is 2. The molecular weight excluding hydrogens is 250 g/mol. The van der Waals surface area contributed by atoms with Gasteiger partial charge in [-0.1, -0.05) is 44.6 Å². The zero-order valence-corrected chi connectivity index (χ0v) is 12.2. The van der Waals surface area contributed by atoms with Gasteiger partial charge in [-0.25, -0.2) is 10.5 Å². The third-order valence-electron chi connectivity index (χ3n) is 3.62. The molecule has 0 fully saturated rings. The van der Waals surface area contributed by atoms with Crippen LogP contribution in [0.15, 0.2) is 30.4 Å². The Hall–Kier alpha value is -1.58. The zero-order valence-electron chi connectivity index (χ0n) is 12.2. The van der Waals surface area contributed by atoms with Gasteiger partial charge in [-0.15, -0.1) is 0 Å². The normalized spacial score (nSPS) is 18.3. The van der Waals surface area contributed by atoms with Crippen LogP contribution in [0.25, 0.3) is 0 Å². The molecule has 1 aromatic rings. The lowest BCUT2D eigenvalue weighted by molar-refractivity contribution is 0.212. The van der Waals surface area contributed by atoms with E-state index in [0.717, 1.165) is 12.8 Å². The van der Waals surface area contributed by atoms with Crippen LogP contribution in [-0.4, -0.2) is 9.97 Å². The molecule has 0 radical (unpaired) electrons. The van der Waals surface area contributed by atoms with Crippen molar-refractivity contribution in [3.63, 3.8) is 0 Å². The molecule has 20 heavy (non-hydrogen) atoms. The first-order valence-corrected chi connectivity index (χ1v) is 7.83.